The molecule has 1 nitrogen and oxygen atoms in total. The summed E-state index contributed by atoms with van der Waals surface area (Å²) in [6, 6.07) is 3.72. The number of benzene rings is 1. The van der Waals surface area contributed by atoms with Crippen molar-refractivity contribution in [2.24, 2.45) is 0 Å². The van der Waals surface area contributed by atoms with Gasteiger partial charge in [0.1, 0.15) is 0 Å². The van der Waals surface area contributed by atoms with Gasteiger partial charge in [-0.15, -0.1) is 4.37 Å². The van der Waals surface area contributed by atoms with E-state index in [1.165, 1.54) is 10.5 Å². The van der Waals surface area contributed by atoms with E-state index in [4.69, 9.17) is 23.2 Å². The van der Waals surface area contributed by atoms with Crippen LogP contribution in [0.3, 0.4) is 0 Å². The lowest BCUT2D eigenvalue weighted by molar-refractivity contribution is 1.66. The van der Waals surface area contributed by atoms with E-state index in [9.17, 15) is 0 Å². The summed E-state index contributed by atoms with van der Waals surface area (Å²) in [5.41, 5.74) is 0.814. The monoisotopic (exact) mass is 222 g/mol. The van der Waals surface area contributed by atoms with Crippen molar-refractivity contribution in [3.8, 4) is 0 Å². The first-order valence-corrected chi connectivity index (χ1v) is 5.68. The summed E-state index contributed by atoms with van der Waals surface area (Å²) < 4.78 is 5.21. The van der Waals surface area contributed by atoms with E-state index < -0.39 is 0 Å². The predicted molar refractivity (Wildman–Crippen MR) is 51.9 cm³/mol. The highest BCUT2D eigenvalue weighted by Crippen LogP contribution is 2.33. The molecule has 1 aromatic carbocycles. The van der Waals surface area contributed by atoms with E-state index in [0.717, 1.165) is 10.2 Å². The van der Waals surface area contributed by atoms with E-state index in [-0.39, 0.29) is 0 Å². The second kappa shape index (κ2) is 2.83. The van der Waals surface area contributed by atoms with Gasteiger partial charge in [-0.3, -0.25) is 0 Å². The fraction of sp³-hybridized carbons (Fsp3) is 0. The van der Waals surface area contributed by atoms with Crippen molar-refractivity contribution < 1.29 is 0 Å². The SMILES string of the molecule is Clc1ccc2[s+]snc2c1Cl. The van der Waals surface area contributed by atoms with Gasteiger partial charge in [0.15, 0.2) is 5.52 Å². The maximum Gasteiger partial charge on any atom is 0.323 e. The van der Waals surface area contributed by atoms with Crippen LogP contribution in [0.4, 0.5) is 0 Å². The lowest BCUT2D eigenvalue weighted by atomic mass is 10.3. The largest absolute Gasteiger partial charge is 0.323 e. The number of rotatable bonds is 0. The summed E-state index contributed by atoms with van der Waals surface area (Å²) in [4.78, 5) is 0. The lowest BCUT2D eigenvalue weighted by Crippen LogP contribution is -1.70. The molecule has 0 aliphatic rings. The normalized spacial score (nSPS) is 10.7. The minimum Gasteiger partial charge on any atom is -0.133 e. The van der Waals surface area contributed by atoms with Gasteiger partial charge in [0.05, 0.1) is 10.0 Å². The Labute approximate surface area is 80.8 Å². The number of fused-ring (bicyclic) bond motifs is 1. The highest BCUT2D eigenvalue weighted by molar-refractivity contribution is 7.69. The zero-order valence-corrected chi connectivity index (χ0v) is 8.32. The Balaban J connectivity index is 2.93. The molecule has 0 fully saturated rings. The molecule has 5 heteroatoms. The third-order valence-electron chi connectivity index (χ3n) is 1.29. The molecule has 0 amide bonds. The topological polar surface area (TPSA) is 12.9 Å². The van der Waals surface area contributed by atoms with Gasteiger partial charge in [-0.25, -0.2) is 0 Å². The second-order valence-corrected chi connectivity index (χ2v) is 4.63. The van der Waals surface area contributed by atoms with Crippen molar-refractivity contribution >= 4 is 54.3 Å². The predicted octanol–water partition coefficient (Wildman–Crippen LogP) is 3.95. The number of halogens is 2. The number of hydrogen-bond acceptors (Lipinski definition) is 2. The first kappa shape index (κ1) is 7.68. The fourth-order valence-corrected chi connectivity index (χ4v) is 3.01. The summed E-state index contributed by atoms with van der Waals surface area (Å²) in [6.45, 7) is 0. The molecule has 0 saturated heterocycles. The van der Waals surface area contributed by atoms with Crippen molar-refractivity contribution in [1.82, 2.24) is 4.37 Å². The van der Waals surface area contributed by atoms with Crippen LogP contribution in [0.5, 0.6) is 0 Å². The van der Waals surface area contributed by atoms with E-state index in [1.54, 1.807) is 16.4 Å². The zero-order chi connectivity index (χ0) is 7.84. The van der Waals surface area contributed by atoms with Crippen LogP contribution in [0.15, 0.2) is 12.1 Å². The quantitative estimate of drug-likeness (QED) is 0.486. The smallest absolute Gasteiger partial charge is 0.133 e. The first-order valence-electron chi connectivity index (χ1n) is 2.82. The lowest BCUT2D eigenvalue weighted by Gasteiger charge is -1.89. The molecule has 0 radical (unpaired) electrons. The van der Waals surface area contributed by atoms with Crippen molar-refractivity contribution in [2.45, 2.75) is 0 Å². The summed E-state index contributed by atoms with van der Waals surface area (Å²) in [7, 11) is 3.02. The molecular weight excluding hydrogens is 221 g/mol. The van der Waals surface area contributed by atoms with Gasteiger partial charge in [0, 0.05) is 6.07 Å². The molecule has 1 aromatic heterocycles. The van der Waals surface area contributed by atoms with Crippen LogP contribution < -0.4 is 0 Å². The van der Waals surface area contributed by atoms with Crippen LogP contribution in [0.1, 0.15) is 0 Å². The molecule has 0 aliphatic heterocycles. The Kier molecular flexibility index (Phi) is 1.97. The van der Waals surface area contributed by atoms with Crippen molar-refractivity contribution in [2.75, 3.05) is 0 Å². The number of nitrogens with zero attached hydrogens (tertiary/aromatic N) is 1. The van der Waals surface area contributed by atoms with Gasteiger partial charge in [0.2, 0.25) is 0 Å². The van der Waals surface area contributed by atoms with Gasteiger partial charge in [-0.05, 0) is 6.07 Å². The number of hydrogen-bond donors (Lipinski definition) is 0. The van der Waals surface area contributed by atoms with E-state index in [2.05, 4.69) is 4.37 Å². The molecule has 0 bridgehead atoms. The summed E-state index contributed by atoms with van der Waals surface area (Å²) in [6.07, 6.45) is 0. The molecule has 0 N–H and O–H groups in total. The maximum atomic E-state index is 5.89. The van der Waals surface area contributed by atoms with Crippen LogP contribution in [0.2, 0.25) is 10.0 Å². The molecule has 56 valence electrons. The first-order chi connectivity index (χ1) is 5.29. The minimum absolute atomic E-state index is 0.557. The van der Waals surface area contributed by atoms with Gasteiger partial charge in [0.25, 0.3) is 15.2 Å². The minimum atomic E-state index is 0.557. The van der Waals surface area contributed by atoms with Crippen LogP contribution in [-0.2, 0) is 0 Å². The van der Waals surface area contributed by atoms with Gasteiger partial charge >= 0.3 is 10.3 Å². The summed E-state index contributed by atoms with van der Waals surface area (Å²) >= 11 is 11.7. The Morgan fingerprint density at radius 2 is 2.18 bits per heavy atom. The Morgan fingerprint density at radius 1 is 1.36 bits per heavy atom. The van der Waals surface area contributed by atoms with Crippen LogP contribution in [0, 0.1) is 0 Å². The van der Waals surface area contributed by atoms with Crippen molar-refractivity contribution in [1.29, 1.82) is 0 Å². The maximum absolute atomic E-state index is 5.89. The molecule has 0 aliphatic carbocycles. The fourth-order valence-electron chi connectivity index (χ4n) is 0.771. The van der Waals surface area contributed by atoms with E-state index >= 15 is 0 Å². The Morgan fingerprint density at radius 3 is 3.00 bits per heavy atom. The van der Waals surface area contributed by atoms with E-state index in [1.807, 2.05) is 6.07 Å². The average molecular weight is 223 g/mol. The van der Waals surface area contributed by atoms with Crippen molar-refractivity contribution in [3.63, 3.8) is 0 Å². The Bertz CT molecular complexity index is 398. The molecule has 0 spiro atoms. The summed E-state index contributed by atoms with van der Waals surface area (Å²) in [5, 5.41) is 1.12. The van der Waals surface area contributed by atoms with E-state index in [0.29, 0.717) is 10.0 Å². The summed E-state index contributed by atoms with van der Waals surface area (Å²) in [5.74, 6) is 0. The Hall–Kier alpha value is 0.0400. The third-order valence-corrected chi connectivity index (χ3v) is 3.91. The van der Waals surface area contributed by atoms with Crippen LogP contribution >= 0.6 is 44.1 Å². The highest BCUT2D eigenvalue weighted by Gasteiger charge is 2.14. The third kappa shape index (κ3) is 1.22. The van der Waals surface area contributed by atoms with Crippen molar-refractivity contribution in [3.05, 3.63) is 22.2 Å². The second-order valence-electron chi connectivity index (χ2n) is 1.96. The molecule has 2 rings (SSSR count). The van der Waals surface area contributed by atoms with Crippen LogP contribution in [-0.4, -0.2) is 4.37 Å². The molecular formula is C6H2Cl2NS2+. The average Bonchev–Trinajstić information content (AvgIpc) is 2.45. The van der Waals surface area contributed by atoms with Gasteiger partial charge in [-0.1, -0.05) is 23.2 Å². The highest BCUT2D eigenvalue weighted by atomic mass is 35.5. The zero-order valence-electron chi connectivity index (χ0n) is 5.17. The molecule has 0 atom stereocenters. The molecule has 1 heterocycles. The van der Waals surface area contributed by atoms with Gasteiger partial charge in [-0.2, -0.15) is 0 Å². The van der Waals surface area contributed by atoms with Crippen LogP contribution in [0.25, 0.3) is 10.2 Å². The van der Waals surface area contributed by atoms with Gasteiger partial charge < -0.3 is 0 Å². The number of aromatic nitrogens is 1. The molecule has 11 heavy (non-hydrogen) atoms. The molecule has 0 saturated carbocycles. The molecule has 2 aromatic rings. The molecule has 0 unspecified atom stereocenters. The standard InChI is InChI=1S/C6H2Cl2NS2/c7-3-1-2-4-6(5(3)8)9-11-10-4/h1-2H/q+1.